The number of piperazine rings is 1. The van der Waals surface area contributed by atoms with Crippen LogP contribution >= 0.6 is 11.6 Å². The van der Waals surface area contributed by atoms with Crippen molar-refractivity contribution in [3.05, 3.63) is 58.2 Å². The summed E-state index contributed by atoms with van der Waals surface area (Å²) in [5, 5.41) is 7.86. The van der Waals surface area contributed by atoms with Crippen molar-refractivity contribution in [2.75, 3.05) is 40.3 Å². The van der Waals surface area contributed by atoms with E-state index in [4.69, 9.17) is 16.3 Å². The monoisotopic (exact) mass is 474 g/mol. The van der Waals surface area contributed by atoms with Crippen molar-refractivity contribution in [3.63, 3.8) is 0 Å². The Bertz CT molecular complexity index is 1290. The summed E-state index contributed by atoms with van der Waals surface area (Å²) in [4.78, 5) is 2.29. The van der Waals surface area contributed by atoms with Gasteiger partial charge in [0.15, 0.2) is 0 Å². The number of halogens is 1. The predicted octanol–water partition coefficient (Wildman–Crippen LogP) is 3.74. The van der Waals surface area contributed by atoms with Gasteiger partial charge in [0.2, 0.25) is 0 Å². The number of rotatable bonds is 5. The number of fused-ring (bicyclic) bond motifs is 1. The van der Waals surface area contributed by atoms with E-state index in [1.807, 2.05) is 30.1 Å². The van der Waals surface area contributed by atoms with E-state index in [1.54, 1.807) is 25.3 Å². The zero-order chi connectivity index (χ0) is 23.0. The number of hydrazone groups is 1. The number of aromatic nitrogens is 1. The maximum atomic E-state index is 13.8. The summed E-state index contributed by atoms with van der Waals surface area (Å²) in [5.74, 6) is 0.261. The lowest BCUT2D eigenvalue weighted by atomic mass is 10.1. The Morgan fingerprint density at radius 3 is 2.47 bits per heavy atom. The maximum absolute atomic E-state index is 13.8. The van der Waals surface area contributed by atoms with Crippen LogP contribution in [0.3, 0.4) is 0 Å². The predicted molar refractivity (Wildman–Crippen MR) is 129 cm³/mol. The molecule has 0 spiro atoms. The Morgan fingerprint density at radius 1 is 1.09 bits per heavy atom. The number of benzene rings is 2. The third-order valence-electron chi connectivity index (χ3n) is 5.90. The molecule has 1 aliphatic heterocycles. The summed E-state index contributed by atoms with van der Waals surface area (Å²) in [6.45, 7) is 7.17. The van der Waals surface area contributed by atoms with Crippen LogP contribution < -0.4 is 4.74 Å². The largest absolute Gasteiger partial charge is 0.495 e. The summed E-state index contributed by atoms with van der Waals surface area (Å²) >= 11 is 6.29. The molecule has 0 saturated carbocycles. The SMILES string of the molecule is COc1cc(C)c(Cl)cc1S(=O)(=O)n1c(C)c(/C=N/N2CCN(C)CC2)c2ccccc21. The molecule has 170 valence electrons. The average molecular weight is 475 g/mol. The fraction of sp³-hybridized carbons (Fsp3) is 0.348. The number of para-hydroxylation sites is 1. The second kappa shape index (κ2) is 8.77. The second-order valence-corrected chi connectivity index (χ2v) is 10.2. The minimum Gasteiger partial charge on any atom is -0.495 e. The van der Waals surface area contributed by atoms with Gasteiger partial charge in [0.05, 0.1) is 18.8 Å². The molecule has 0 aliphatic carbocycles. The van der Waals surface area contributed by atoms with Gasteiger partial charge in [-0.05, 0) is 44.7 Å². The average Bonchev–Trinajstić information content (AvgIpc) is 3.06. The molecule has 7 nitrogen and oxygen atoms in total. The fourth-order valence-electron chi connectivity index (χ4n) is 3.98. The number of hydrogen-bond acceptors (Lipinski definition) is 6. The number of ether oxygens (including phenoxy) is 1. The van der Waals surface area contributed by atoms with E-state index >= 15 is 0 Å². The topological polar surface area (TPSA) is 67.1 Å². The van der Waals surface area contributed by atoms with Crippen LogP contribution in [0.4, 0.5) is 0 Å². The van der Waals surface area contributed by atoms with E-state index in [0.717, 1.165) is 42.7 Å². The Kier molecular flexibility index (Phi) is 6.20. The van der Waals surface area contributed by atoms with Crippen LogP contribution in [-0.4, -0.2) is 68.9 Å². The first-order valence-corrected chi connectivity index (χ1v) is 12.2. The van der Waals surface area contributed by atoms with E-state index < -0.39 is 10.0 Å². The molecular weight excluding hydrogens is 448 g/mol. The van der Waals surface area contributed by atoms with Gasteiger partial charge in [0.25, 0.3) is 10.0 Å². The molecule has 0 atom stereocenters. The smallest absolute Gasteiger partial charge is 0.272 e. The summed E-state index contributed by atoms with van der Waals surface area (Å²) < 4.78 is 34.4. The van der Waals surface area contributed by atoms with Gasteiger partial charge >= 0.3 is 0 Å². The molecule has 0 amide bonds. The lowest BCUT2D eigenvalue weighted by Crippen LogP contribution is -2.41. The molecule has 4 rings (SSSR count). The van der Waals surface area contributed by atoms with Gasteiger partial charge in [0.1, 0.15) is 10.6 Å². The molecule has 2 heterocycles. The molecule has 2 aromatic carbocycles. The molecule has 0 unspecified atom stereocenters. The van der Waals surface area contributed by atoms with E-state index in [0.29, 0.717) is 16.2 Å². The molecule has 32 heavy (non-hydrogen) atoms. The highest BCUT2D eigenvalue weighted by Gasteiger charge is 2.28. The molecule has 1 saturated heterocycles. The van der Waals surface area contributed by atoms with Crippen molar-refractivity contribution in [3.8, 4) is 5.75 Å². The number of likely N-dealkylation sites (N-methyl/N-ethyl adjacent to an activating group) is 1. The summed E-state index contributed by atoms with van der Waals surface area (Å²) in [6.07, 6.45) is 1.77. The number of nitrogens with zero attached hydrogens (tertiary/aromatic N) is 4. The van der Waals surface area contributed by atoms with Crippen molar-refractivity contribution in [1.82, 2.24) is 13.9 Å². The van der Waals surface area contributed by atoms with Gasteiger partial charge in [-0.1, -0.05) is 29.8 Å². The minimum atomic E-state index is -3.98. The summed E-state index contributed by atoms with van der Waals surface area (Å²) in [5.41, 5.74) is 2.70. The van der Waals surface area contributed by atoms with E-state index in [1.165, 1.54) is 17.1 Å². The van der Waals surface area contributed by atoms with E-state index in [-0.39, 0.29) is 10.6 Å². The zero-order valence-electron chi connectivity index (χ0n) is 18.7. The van der Waals surface area contributed by atoms with Gasteiger partial charge in [-0.2, -0.15) is 5.10 Å². The van der Waals surface area contributed by atoms with Gasteiger partial charge in [-0.3, -0.25) is 5.01 Å². The highest BCUT2D eigenvalue weighted by Crippen LogP contribution is 2.35. The Morgan fingerprint density at radius 2 is 1.78 bits per heavy atom. The van der Waals surface area contributed by atoms with E-state index in [9.17, 15) is 8.42 Å². The van der Waals surface area contributed by atoms with Crippen LogP contribution in [0.1, 0.15) is 16.8 Å². The van der Waals surface area contributed by atoms with Gasteiger partial charge in [0, 0.05) is 47.8 Å². The minimum absolute atomic E-state index is 0.0296. The van der Waals surface area contributed by atoms with Crippen LogP contribution in [0.2, 0.25) is 5.02 Å². The van der Waals surface area contributed by atoms with Crippen molar-refractivity contribution in [2.24, 2.45) is 5.10 Å². The molecular formula is C23H27ClN4O3S. The van der Waals surface area contributed by atoms with Crippen molar-refractivity contribution in [1.29, 1.82) is 0 Å². The first kappa shape index (κ1) is 22.6. The molecule has 3 aromatic rings. The third kappa shape index (κ3) is 3.98. The Hall–Kier alpha value is -2.55. The van der Waals surface area contributed by atoms with E-state index in [2.05, 4.69) is 17.0 Å². The Labute approximate surface area is 193 Å². The van der Waals surface area contributed by atoms with Crippen LogP contribution in [0.25, 0.3) is 10.9 Å². The number of aryl methyl sites for hydroxylation is 1. The summed E-state index contributed by atoms with van der Waals surface area (Å²) in [7, 11) is -0.435. The van der Waals surface area contributed by atoms with Gasteiger partial charge < -0.3 is 9.64 Å². The molecule has 0 N–H and O–H groups in total. The van der Waals surface area contributed by atoms with Crippen LogP contribution in [-0.2, 0) is 10.0 Å². The lowest BCUT2D eigenvalue weighted by molar-refractivity contribution is 0.159. The molecule has 1 fully saturated rings. The number of hydrogen-bond donors (Lipinski definition) is 0. The maximum Gasteiger partial charge on any atom is 0.272 e. The van der Waals surface area contributed by atoms with Gasteiger partial charge in [-0.25, -0.2) is 12.4 Å². The quantitative estimate of drug-likeness (QED) is 0.527. The first-order valence-electron chi connectivity index (χ1n) is 10.4. The fourth-order valence-corrected chi connectivity index (χ4v) is 5.95. The number of methoxy groups -OCH3 is 1. The molecule has 1 aliphatic rings. The van der Waals surface area contributed by atoms with Crippen LogP contribution in [0.15, 0.2) is 46.4 Å². The molecule has 0 radical (unpaired) electrons. The standard InChI is InChI=1S/C23H27ClN4O3S/c1-16-13-22(31-4)23(14-20(16)24)32(29,30)28-17(2)19(18-7-5-6-8-21(18)28)15-25-27-11-9-26(3)10-12-27/h5-8,13-15H,9-12H2,1-4H3/b25-15+. The lowest BCUT2D eigenvalue weighted by Gasteiger charge is -2.30. The zero-order valence-corrected chi connectivity index (χ0v) is 20.2. The van der Waals surface area contributed by atoms with Crippen molar-refractivity contribution in [2.45, 2.75) is 18.7 Å². The van der Waals surface area contributed by atoms with Crippen molar-refractivity contribution < 1.29 is 13.2 Å². The first-order chi connectivity index (χ1) is 15.2. The molecule has 9 heteroatoms. The van der Waals surface area contributed by atoms with Crippen molar-refractivity contribution >= 4 is 38.7 Å². The summed E-state index contributed by atoms with van der Waals surface area (Å²) in [6, 6.07) is 10.5. The molecule has 1 aromatic heterocycles. The van der Waals surface area contributed by atoms with Crippen LogP contribution in [0, 0.1) is 13.8 Å². The normalized spacial score (nSPS) is 15.7. The second-order valence-electron chi connectivity index (χ2n) is 8.04. The third-order valence-corrected chi connectivity index (χ3v) is 8.13. The van der Waals surface area contributed by atoms with Crippen LogP contribution in [0.5, 0.6) is 5.75 Å². The highest BCUT2D eigenvalue weighted by molar-refractivity contribution is 7.90. The molecule has 0 bridgehead atoms. The highest BCUT2D eigenvalue weighted by atomic mass is 35.5. The van der Waals surface area contributed by atoms with Gasteiger partial charge in [-0.15, -0.1) is 0 Å². The Balaban J connectivity index is 1.86.